The van der Waals surface area contributed by atoms with Crippen molar-refractivity contribution < 1.29 is 14.7 Å². The molecule has 1 aliphatic carbocycles. The summed E-state index contributed by atoms with van der Waals surface area (Å²) in [5.41, 5.74) is 6.84. The number of phenols is 2. The first-order valence-corrected chi connectivity index (χ1v) is 6.70. The molecule has 1 fully saturated rings. The smallest absolute Gasteiger partial charge is 0.243 e. The van der Waals surface area contributed by atoms with Crippen molar-refractivity contribution >= 4 is 0 Å². The summed E-state index contributed by atoms with van der Waals surface area (Å²) < 4.78 is 5.18. The van der Waals surface area contributed by atoms with Crippen molar-refractivity contribution in [2.75, 3.05) is 0 Å². The van der Waals surface area contributed by atoms with Crippen molar-refractivity contribution in [1.82, 2.24) is 10.1 Å². The zero-order chi connectivity index (χ0) is 14.1. The molecule has 1 heterocycles. The highest BCUT2D eigenvalue weighted by Gasteiger charge is 2.25. The lowest BCUT2D eigenvalue weighted by atomic mass is 10.1. The molecular formula is C14H17N3O3. The van der Waals surface area contributed by atoms with E-state index in [0.717, 1.165) is 12.0 Å². The normalized spacial score (nSPS) is 16.2. The van der Waals surface area contributed by atoms with Crippen LogP contribution in [0.1, 0.15) is 36.2 Å². The average molecular weight is 275 g/mol. The van der Waals surface area contributed by atoms with E-state index >= 15 is 0 Å². The first kappa shape index (κ1) is 12.9. The molecule has 106 valence electrons. The number of nitrogens with zero attached hydrogens (tertiary/aromatic N) is 2. The summed E-state index contributed by atoms with van der Waals surface area (Å²) in [5, 5.41) is 22.7. The lowest BCUT2D eigenvalue weighted by Crippen LogP contribution is -2.13. The average Bonchev–Trinajstić information content (AvgIpc) is 3.09. The Bertz CT molecular complexity index is 607. The Hall–Kier alpha value is -2.08. The standard InChI is InChI=1S/C14H17N3O3/c15-10(5-9-3-4-11(18)12(19)6-9)14-16-13(17-20-14)7-8-1-2-8/h3-4,6,8,10,18-19H,1-2,5,7,15H2. The molecule has 1 saturated carbocycles. The quantitative estimate of drug-likeness (QED) is 0.717. The van der Waals surface area contributed by atoms with Gasteiger partial charge in [0.1, 0.15) is 0 Å². The number of benzene rings is 1. The molecule has 0 aliphatic heterocycles. The largest absolute Gasteiger partial charge is 0.504 e. The Balaban J connectivity index is 1.66. The van der Waals surface area contributed by atoms with E-state index in [1.54, 1.807) is 6.07 Å². The van der Waals surface area contributed by atoms with Crippen LogP contribution in [0.25, 0.3) is 0 Å². The van der Waals surface area contributed by atoms with Gasteiger partial charge >= 0.3 is 0 Å². The van der Waals surface area contributed by atoms with Crippen LogP contribution in [0.5, 0.6) is 11.5 Å². The van der Waals surface area contributed by atoms with Gasteiger partial charge in [-0.1, -0.05) is 11.2 Å². The Labute approximate surface area is 116 Å². The van der Waals surface area contributed by atoms with Crippen molar-refractivity contribution in [3.05, 3.63) is 35.5 Å². The summed E-state index contributed by atoms with van der Waals surface area (Å²) in [5.74, 6) is 1.52. The topological polar surface area (TPSA) is 105 Å². The molecule has 0 amide bonds. The third kappa shape index (κ3) is 2.91. The Morgan fingerprint density at radius 3 is 2.80 bits per heavy atom. The third-order valence-corrected chi connectivity index (χ3v) is 3.46. The minimum atomic E-state index is -0.417. The molecule has 0 saturated heterocycles. The highest BCUT2D eigenvalue weighted by Crippen LogP contribution is 2.32. The molecule has 1 aromatic heterocycles. The Kier molecular flexibility index (Phi) is 3.31. The van der Waals surface area contributed by atoms with Gasteiger partial charge in [-0.25, -0.2) is 0 Å². The first-order chi connectivity index (χ1) is 9.61. The molecule has 1 aromatic carbocycles. The van der Waals surface area contributed by atoms with Crippen LogP contribution in [-0.4, -0.2) is 20.4 Å². The molecule has 6 heteroatoms. The fraction of sp³-hybridized carbons (Fsp3) is 0.429. The summed E-state index contributed by atoms with van der Waals surface area (Å²) in [6.45, 7) is 0. The van der Waals surface area contributed by atoms with Crippen LogP contribution in [0, 0.1) is 5.92 Å². The molecule has 1 aliphatic rings. The van der Waals surface area contributed by atoms with Gasteiger partial charge in [0.25, 0.3) is 0 Å². The van der Waals surface area contributed by atoms with Crippen molar-refractivity contribution in [3.63, 3.8) is 0 Å². The first-order valence-electron chi connectivity index (χ1n) is 6.70. The van der Waals surface area contributed by atoms with Crippen LogP contribution in [0.15, 0.2) is 22.7 Å². The van der Waals surface area contributed by atoms with Gasteiger partial charge in [-0.2, -0.15) is 4.98 Å². The van der Waals surface area contributed by atoms with Gasteiger partial charge < -0.3 is 20.5 Å². The fourth-order valence-corrected chi connectivity index (χ4v) is 2.12. The number of hydrogen-bond acceptors (Lipinski definition) is 6. The zero-order valence-corrected chi connectivity index (χ0v) is 11.0. The monoisotopic (exact) mass is 275 g/mol. The van der Waals surface area contributed by atoms with Gasteiger partial charge in [0.05, 0.1) is 6.04 Å². The van der Waals surface area contributed by atoms with Crippen molar-refractivity contribution in [2.45, 2.75) is 31.7 Å². The molecule has 2 aromatic rings. The van der Waals surface area contributed by atoms with Crippen molar-refractivity contribution in [2.24, 2.45) is 11.7 Å². The molecule has 6 nitrogen and oxygen atoms in total. The summed E-state index contributed by atoms with van der Waals surface area (Å²) in [6, 6.07) is 4.20. The van der Waals surface area contributed by atoms with Gasteiger partial charge in [-0.3, -0.25) is 0 Å². The van der Waals surface area contributed by atoms with Gasteiger partial charge in [-0.15, -0.1) is 0 Å². The Morgan fingerprint density at radius 2 is 2.10 bits per heavy atom. The van der Waals surface area contributed by atoms with Crippen LogP contribution in [0.2, 0.25) is 0 Å². The summed E-state index contributed by atoms with van der Waals surface area (Å²) >= 11 is 0. The fourth-order valence-electron chi connectivity index (χ4n) is 2.12. The van der Waals surface area contributed by atoms with Crippen LogP contribution in [0.3, 0.4) is 0 Å². The molecule has 0 spiro atoms. The number of aromatic hydroxyl groups is 2. The number of phenolic OH excluding ortho intramolecular Hbond substituents is 2. The van der Waals surface area contributed by atoms with E-state index in [2.05, 4.69) is 10.1 Å². The molecule has 1 unspecified atom stereocenters. The molecule has 0 radical (unpaired) electrons. The number of hydrogen-bond donors (Lipinski definition) is 3. The van der Waals surface area contributed by atoms with Crippen molar-refractivity contribution in [3.8, 4) is 11.5 Å². The van der Waals surface area contributed by atoms with Gasteiger partial charge in [0.15, 0.2) is 17.3 Å². The summed E-state index contributed by atoms with van der Waals surface area (Å²) in [4.78, 5) is 4.31. The van der Waals surface area contributed by atoms with E-state index in [1.165, 1.54) is 25.0 Å². The van der Waals surface area contributed by atoms with Crippen LogP contribution in [0.4, 0.5) is 0 Å². The lowest BCUT2D eigenvalue weighted by molar-refractivity contribution is 0.349. The van der Waals surface area contributed by atoms with E-state index in [4.69, 9.17) is 10.3 Å². The highest BCUT2D eigenvalue weighted by atomic mass is 16.5. The second-order valence-electron chi connectivity index (χ2n) is 5.33. The third-order valence-electron chi connectivity index (χ3n) is 3.46. The second-order valence-corrected chi connectivity index (χ2v) is 5.33. The van der Waals surface area contributed by atoms with Crippen LogP contribution in [-0.2, 0) is 12.8 Å². The maximum atomic E-state index is 9.45. The number of rotatable bonds is 5. The molecule has 1 atom stereocenters. The maximum Gasteiger partial charge on any atom is 0.243 e. The van der Waals surface area contributed by atoms with E-state index in [1.807, 2.05) is 0 Å². The van der Waals surface area contributed by atoms with Gasteiger partial charge in [0, 0.05) is 6.42 Å². The van der Waals surface area contributed by atoms with E-state index in [-0.39, 0.29) is 11.5 Å². The molecular weight excluding hydrogens is 258 g/mol. The maximum absolute atomic E-state index is 9.45. The molecule has 0 bridgehead atoms. The van der Waals surface area contributed by atoms with Crippen LogP contribution >= 0.6 is 0 Å². The number of nitrogens with two attached hydrogens (primary N) is 1. The summed E-state index contributed by atoms with van der Waals surface area (Å²) in [6.07, 6.45) is 3.79. The van der Waals surface area contributed by atoms with E-state index in [0.29, 0.717) is 24.1 Å². The minimum absolute atomic E-state index is 0.146. The SMILES string of the molecule is NC(Cc1ccc(O)c(O)c1)c1nc(CC2CC2)no1. The van der Waals surface area contributed by atoms with Gasteiger partial charge in [-0.05, 0) is 42.9 Å². The summed E-state index contributed by atoms with van der Waals surface area (Å²) in [7, 11) is 0. The lowest BCUT2D eigenvalue weighted by Gasteiger charge is -2.07. The molecule has 20 heavy (non-hydrogen) atoms. The minimum Gasteiger partial charge on any atom is -0.504 e. The van der Waals surface area contributed by atoms with E-state index in [9.17, 15) is 10.2 Å². The molecule has 3 rings (SSSR count). The molecule has 4 N–H and O–H groups in total. The van der Waals surface area contributed by atoms with E-state index < -0.39 is 6.04 Å². The predicted octanol–water partition coefficient (Wildman–Crippen LogP) is 1.68. The van der Waals surface area contributed by atoms with Crippen LogP contribution < -0.4 is 5.73 Å². The Morgan fingerprint density at radius 1 is 1.30 bits per heavy atom. The van der Waals surface area contributed by atoms with Crippen molar-refractivity contribution in [1.29, 1.82) is 0 Å². The zero-order valence-electron chi connectivity index (χ0n) is 11.0. The predicted molar refractivity (Wildman–Crippen MR) is 71.1 cm³/mol. The van der Waals surface area contributed by atoms with Gasteiger partial charge in [0.2, 0.25) is 5.89 Å². The highest BCUT2D eigenvalue weighted by molar-refractivity contribution is 5.40. The second kappa shape index (κ2) is 5.13. The number of aromatic nitrogens is 2.